The number of terminal acetylenes is 1. The second kappa shape index (κ2) is 8.08. The molecule has 0 amide bonds. The Labute approximate surface area is 141 Å². The van der Waals surface area contributed by atoms with Crippen LogP contribution in [0, 0.1) is 35.0 Å². The van der Waals surface area contributed by atoms with Crippen molar-refractivity contribution in [3.05, 3.63) is 59.2 Å². The SMILES string of the molecule is C#CCOc1ccc(OC)cc1C=C(C#N)c1ccc(C#N)cc1. The second-order valence-corrected chi connectivity index (χ2v) is 4.76. The predicted molar refractivity (Wildman–Crippen MR) is 92.0 cm³/mol. The van der Waals surface area contributed by atoms with Gasteiger partial charge in [0.15, 0.2) is 0 Å². The van der Waals surface area contributed by atoms with E-state index in [4.69, 9.17) is 21.2 Å². The molecule has 0 radical (unpaired) electrons. The van der Waals surface area contributed by atoms with Crippen LogP contribution in [0.4, 0.5) is 0 Å². The summed E-state index contributed by atoms with van der Waals surface area (Å²) in [7, 11) is 1.57. The van der Waals surface area contributed by atoms with Crippen LogP contribution in [0.3, 0.4) is 0 Å². The van der Waals surface area contributed by atoms with Crippen LogP contribution < -0.4 is 9.47 Å². The molecule has 0 aliphatic rings. The van der Waals surface area contributed by atoms with Crippen molar-refractivity contribution in [3.63, 3.8) is 0 Å². The molecule has 0 heterocycles. The molecule has 0 saturated heterocycles. The van der Waals surface area contributed by atoms with Crippen LogP contribution in [-0.2, 0) is 0 Å². The zero-order valence-corrected chi connectivity index (χ0v) is 13.1. The van der Waals surface area contributed by atoms with Crippen LogP contribution in [0.2, 0.25) is 0 Å². The van der Waals surface area contributed by atoms with Crippen molar-refractivity contribution in [2.75, 3.05) is 13.7 Å². The monoisotopic (exact) mass is 314 g/mol. The zero-order valence-electron chi connectivity index (χ0n) is 13.1. The molecule has 4 nitrogen and oxygen atoms in total. The van der Waals surface area contributed by atoms with E-state index in [0.717, 1.165) is 0 Å². The minimum Gasteiger partial charge on any atom is -0.497 e. The van der Waals surface area contributed by atoms with Crippen LogP contribution in [0.1, 0.15) is 16.7 Å². The van der Waals surface area contributed by atoms with E-state index < -0.39 is 0 Å². The molecular formula is C20H14N2O2. The van der Waals surface area contributed by atoms with Crippen molar-refractivity contribution in [3.8, 4) is 36.0 Å². The van der Waals surface area contributed by atoms with E-state index in [9.17, 15) is 5.26 Å². The molecule has 0 atom stereocenters. The van der Waals surface area contributed by atoms with Crippen molar-refractivity contribution in [2.24, 2.45) is 0 Å². The zero-order chi connectivity index (χ0) is 17.4. The predicted octanol–water partition coefficient (Wildman–Crippen LogP) is 3.64. The molecule has 2 aromatic rings. The lowest BCUT2D eigenvalue weighted by Gasteiger charge is -2.09. The highest BCUT2D eigenvalue weighted by atomic mass is 16.5. The third kappa shape index (κ3) is 3.95. The summed E-state index contributed by atoms with van der Waals surface area (Å²) in [6.07, 6.45) is 6.94. The lowest BCUT2D eigenvalue weighted by Crippen LogP contribution is -1.96. The summed E-state index contributed by atoms with van der Waals surface area (Å²) in [5.41, 5.74) is 2.38. The molecule has 0 aliphatic carbocycles. The van der Waals surface area contributed by atoms with Gasteiger partial charge in [0, 0.05) is 5.56 Å². The lowest BCUT2D eigenvalue weighted by atomic mass is 10.0. The van der Waals surface area contributed by atoms with E-state index in [0.29, 0.717) is 33.8 Å². The van der Waals surface area contributed by atoms with Crippen LogP contribution in [0.25, 0.3) is 11.6 Å². The Morgan fingerprint density at radius 2 is 1.92 bits per heavy atom. The number of hydrogen-bond acceptors (Lipinski definition) is 4. The summed E-state index contributed by atoms with van der Waals surface area (Å²) >= 11 is 0. The quantitative estimate of drug-likeness (QED) is 0.480. The van der Waals surface area contributed by atoms with Gasteiger partial charge in [-0.05, 0) is 42.0 Å². The van der Waals surface area contributed by atoms with Gasteiger partial charge in [-0.3, -0.25) is 0 Å². The molecule has 2 aromatic carbocycles. The first-order valence-corrected chi connectivity index (χ1v) is 7.08. The Kier molecular flexibility index (Phi) is 5.62. The number of ether oxygens (including phenoxy) is 2. The van der Waals surface area contributed by atoms with Gasteiger partial charge in [0.2, 0.25) is 0 Å². The summed E-state index contributed by atoms with van der Waals surface area (Å²) in [4.78, 5) is 0. The van der Waals surface area contributed by atoms with E-state index in [-0.39, 0.29) is 6.61 Å². The van der Waals surface area contributed by atoms with E-state index in [1.807, 2.05) is 0 Å². The topological polar surface area (TPSA) is 66.0 Å². The number of nitriles is 2. The summed E-state index contributed by atoms with van der Waals surface area (Å²) in [6.45, 7) is 0.131. The molecular weight excluding hydrogens is 300 g/mol. The number of nitrogens with zero attached hydrogens (tertiary/aromatic N) is 2. The first-order valence-electron chi connectivity index (χ1n) is 7.08. The molecule has 24 heavy (non-hydrogen) atoms. The van der Waals surface area contributed by atoms with Crippen molar-refractivity contribution >= 4 is 11.6 Å². The maximum absolute atomic E-state index is 9.47. The van der Waals surface area contributed by atoms with Crippen molar-refractivity contribution in [2.45, 2.75) is 0 Å². The van der Waals surface area contributed by atoms with Crippen LogP contribution in [0.5, 0.6) is 11.5 Å². The van der Waals surface area contributed by atoms with Crippen LogP contribution in [-0.4, -0.2) is 13.7 Å². The second-order valence-electron chi connectivity index (χ2n) is 4.76. The molecule has 116 valence electrons. The molecule has 0 bridgehead atoms. The maximum atomic E-state index is 9.47. The number of hydrogen-bond donors (Lipinski definition) is 0. The molecule has 0 spiro atoms. The van der Waals surface area contributed by atoms with Crippen LogP contribution in [0.15, 0.2) is 42.5 Å². The van der Waals surface area contributed by atoms with Crippen molar-refractivity contribution in [1.82, 2.24) is 0 Å². The summed E-state index contributed by atoms with van der Waals surface area (Å²) < 4.78 is 10.7. The van der Waals surface area contributed by atoms with Gasteiger partial charge in [0.25, 0.3) is 0 Å². The molecule has 0 fully saturated rings. The Morgan fingerprint density at radius 1 is 1.17 bits per heavy atom. The normalized spacial score (nSPS) is 10.2. The minimum atomic E-state index is 0.131. The third-order valence-electron chi connectivity index (χ3n) is 3.27. The highest BCUT2D eigenvalue weighted by Crippen LogP contribution is 2.28. The van der Waals surface area contributed by atoms with E-state index >= 15 is 0 Å². The van der Waals surface area contributed by atoms with Gasteiger partial charge in [-0.2, -0.15) is 10.5 Å². The fourth-order valence-corrected chi connectivity index (χ4v) is 2.08. The first-order chi connectivity index (χ1) is 11.7. The van der Waals surface area contributed by atoms with Gasteiger partial charge in [-0.1, -0.05) is 18.1 Å². The van der Waals surface area contributed by atoms with Gasteiger partial charge in [0.05, 0.1) is 30.4 Å². The number of allylic oxidation sites excluding steroid dienone is 1. The van der Waals surface area contributed by atoms with E-state index in [1.54, 1.807) is 55.7 Å². The van der Waals surface area contributed by atoms with Gasteiger partial charge in [-0.25, -0.2) is 0 Å². The average Bonchev–Trinajstić information content (AvgIpc) is 2.64. The molecule has 0 aromatic heterocycles. The third-order valence-corrected chi connectivity index (χ3v) is 3.27. The van der Waals surface area contributed by atoms with E-state index in [1.165, 1.54) is 0 Å². The first kappa shape index (κ1) is 16.7. The highest BCUT2D eigenvalue weighted by Gasteiger charge is 2.07. The minimum absolute atomic E-state index is 0.131. The standard InChI is InChI=1S/C20H14N2O2/c1-3-10-24-20-9-8-19(23-2)12-17(20)11-18(14-22)16-6-4-15(13-21)5-7-16/h1,4-9,11-12H,10H2,2H3. The summed E-state index contributed by atoms with van der Waals surface area (Å²) in [5.74, 6) is 3.62. The largest absolute Gasteiger partial charge is 0.497 e. The summed E-state index contributed by atoms with van der Waals surface area (Å²) in [5, 5.41) is 18.3. The Bertz CT molecular complexity index is 876. The fraction of sp³-hybridized carbons (Fsp3) is 0.100. The van der Waals surface area contributed by atoms with Gasteiger partial charge in [-0.15, -0.1) is 6.42 Å². The lowest BCUT2D eigenvalue weighted by molar-refractivity contribution is 0.367. The van der Waals surface area contributed by atoms with E-state index in [2.05, 4.69) is 18.1 Å². The Balaban J connectivity index is 2.47. The average molecular weight is 314 g/mol. The molecule has 0 saturated carbocycles. The molecule has 4 heteroatoms. The molecule has 0 aliphatic heterocycles. The van der Waals surface area contributed by atoms with Crippen LogP contribution >= 0.6 is 0 Å². The summed E-state index contributed by atoms with van der Waals surface area (Å²) in [6, 6.07) is 16.3. The van der Waals surface area contributed by atoms with Crippen molar-refractivity contribution in [1.29, 1.82) is 10.5 Å². The Hall–Kier alpha value is -3.68. The van der Waals surface area contributed by atoms with Crippen molar-refractivity contribution < 1.29 is 9.47 Å². The molecule has 0 N–H and O–H groups in total. The fourth-order valence-electron chi connectivity index (χ4n) is 2.08. The molecule has 2 rings (SSSR count). The van der Waals surface area contributed by atoms with Gasteiger partial charge >= 0.3 is 0 Å². The van der Waals surface area contributed by atoms with Gasteiger partial charge in [0.1, 0.15) is 18.1 Å². The number of rotatable bonds is 5. The highest BCUT2D eigenvalue weighted by molar-refractivity contribution is 5.90. The smallest absolute Gasteiger partial charge is 0.148 e. The Morgan fingerprint density at radius 3 is 2.50 bits per heavy atom. The maximum Gasteiger partial charge on any atom is 0.148 e. The molecule has 0 unspecified atom stereocenters. The van der Waals surface area contributed by atoms with Gasteiger partial charge < -0.3 is 9.47 Å². The number of benzene rings is 2. The number of methoxy groups -OCH3 is 1.